The minimum Gasteiger partial charge on any atom is -0.218 e. The second kappa shape index (κ2) is 6.29. The van der Waals surface area contributed by atoms with Crippen LogP contribution in [0.2, 0.25) is 5.28 Å². The molecule has 0 spiro atoms. The van der Waals surface area contributed by atoms with Gasteiger partial charge >= 0.3 is 0 Å². The maximum atomic E-state index is 6.27. The van der Waals surface area contributed by atoms with Crippen LogP contribution in [0.1, 0.15) is 25.0 Å². The summed E-state index contributed by atoms with van der Waals surface area (Å²) >= 11 is 6.27. The Morgan fingerprint density at radius 2 is 1.29 bits per heavy atom. The first-order valence-electron chi connectivity index (χ1n) is 9.39. The van der Waals surface area contributed by atoms with E-state index in [4.69, 9.17) is 11.6 Å². The van der Waals surface area contributed by atoms with Crippen LogP contribution in [0.5, 0.6) is 0 Å². The summed E-state index contributed by atoms with van der Waals surface area (Å²) in [6.07, 6.45) is 0. The molecule has 1 heterocycles. The summed E-state index contributed by atoms with van der Waals surface area (Å²) in [6.45, 7) is 4.57. The largest absolute Gasteiger partial charge is 0.223 e. The minimum absolute atomic E-state index is 0.00295. The van der Waals surface area contributed by atoms with Crippen molar-refractivity contribution in [2.24, 2.45) is 0 Å². The summed E-state index contributed by atoms with van der Waals surface area (Å²) in [5.41, 5.74) is 9.04. The van der Waals surface area contributed by atoms with Gasteiger partial charge in [0, 0.05) is 16.5 Å². The van der Waals surface area contributed by atoms with Gasteiger partial charge in [0.15, 0.2) is 0 Å². The quantitative estimate of drug-likeness (QED) is 0.357. The molecule has 0 fully saturated rings. The maximum absolute atomic E-state index is 6.27. The SMILES string of the molecule is CC1(C)c2ccccc2-c2cc(-c3cc(-c4ccccc4)nc(Cl)n3)ccc21. The van der Waals surface area contributed by atoms with Gasteiger partial charge < -0.3 is 0 Å². The Kier molecular flexibility index (Phi) is 3.85. The van der Waals surface area contributed by atoms with Gasteiger partial charge in [-0.25, -0.2) is 9.97 Å². The highest BCUT2D eigenvalue weighted by atomic mass is 35.5. The number of hydrogen-bond acceptors (Lipinski definition) is 2. The van der Waals surface area contributed by atoms with Gasteiger partial charge in [-0.2, -0.15) is 0 Å². The third-order valence-electron chi connectivity index (χ3n) is 5.65. The molecule has 1 aliphatic carbocycles. The van der Waals surface area contributed by atoms with Crippen molar-refractivity contribution in [3.8, 4) is 33.6 Å². The Balaban J connectivity index is 1.67. The Labute approximate surface area is 169 Å². The van der Waals surface area contributed by atoms with Crippen LogP contribution >= 0.6 is 11.6 Å². The van der Waals surface area contributed by atoms with E-state index in [0.29, 0.717) is 0 Å². The van der Waals surface area contributed by atoms with Crippen molar-refractivity contribution in [3.05, 3.63) is 95.3 Å². The topological polar surface area (TPSA) is 25.8 Å². The molecule has 0 radical (unpaired) electrons. The third-order valence-corrected chi connectivity index (χ3v) is 5.82. The zero-order valence-electron chi connectivity index (χ0n) is 15.8. The Morgan fingerprint density at radius 3 is 2.07 bits per heavy atom. The lowest BCUT2D eigenvalue weighted by Crippen LogP contribution is -2.14. The number of aromatic nitrogens is 2. The molecule has 136 valence electrons. The third kappa shape index (κ3) is 2.64. The average Bonchev–Trinajstić information content (AvgIpc) is 2.95. The van der Waals surface area contributed by atoms with Crippen molar-refractivity contribution >= 4 is 11.6 Å². The zero-order chi connectivity index (χ0) is 19.3. The number of hydrogen-bond donors (Lipinski definition) is 0. The molecule has 4 aromatic rings. The molecule has 2 nitrogen and oxygen atoms in total. The van der Waals surface area contributed by atoms with E-state index >= 15 is 0 Å². The van der Waals surface area contributed by atoms with Crippen molar-refractivity contribution in [1.29, 1.82) is 0 Å². The lowest BCUT2D eigenvalue weighted by atomic mass is 9.82. The van der Waals surface area contributed by atoms with Crippen LogP contribution in [0.3, 0.4) is 0 Å². The van der Waals surface area contributed by atoms with Gasteiger partial charge in [0.25, 0.3) is 0 Å². The molecule has 1 aromatic heterocycles. The summed E-state index contributed by atoms with van der Waals surface area (Å²) in [7, 11) is 0. The Morgan fingerprint density at radius 1 is 0.643 bits per heavy atom. The van der Waals surface area contributed by atoms with Gasteiger partial charge in [-0.15, -0.1) is 0 Å². The van der Waals surface area contributed by atoms with Crippen LogP contribution in [0.4, 0.5) is 0 Å². The molecule has 0 unspecified atom stereocenters. The number of fused-ring (bicyclic) bond motifs is 3. The van der Waals surface area contributed by atoms with Gasteiger partial charge in [-0.1, -0.05) is 80.6 Å². The molecule has 3 heteroatoms. The standard InChI is InChI=1S/C25H19ClN2/c1-25(2)20-11-7-6-10-18(20)19-14-17(12-13-21(19)25)23-15-22(27-24(26)28-23)16-8-4-3-5-9-16/h3-15H,1-2H3. The predicted molar refractivity (Wildman–Crippen MR) is 115 cm³/mol. The lowest BCUT2D eigenvalue weighted by Gasteiger charge is -2.21. The molecule has 0 saturated heterocycles. The molecule has 0 N–H and O–H groups in total. The average molecular weight is 383 g/mol. The molecule has 5 rings (SSSR count). The highest BCUT2D eigenvalue weighted by Crippen LogP contribution is 2.49. The van der Waals surface area contributed by atoms with Crippen LogP contribution in [-0.2, 0) is 5.41 Å². The smallest absolute Gasteiger partial charge is 0.218 e. The normalized spacial score (nSPS) is 13.8. The van der Waals surface area contributed by atoms with E-state index < -0.39 is 0 Å². The second-order valence-electron chi connectivity index (χ2n) is 7.70. The summed E-state index contributed by atoms with van der Waals surface area (Å²) < 4.78 is 0. The Bertz CT molecular complexity index is 1200. The van der Waals surface area contributed by atoms with Crippen molar-refractivity contribution in [2.75, 3.05) is 0 Å². The number of rotatable bonds is 2. The van der Waals surface area contributed by atoms with Crippen LogP contribution in [0, 0.1) is 0 Å². The van der Waals surface area contributed by atoms with E-state index in [1.165, 1.54) is 22.3 Å². The molecular weight excluding hydrogens is 364 g/mol. The fourth-order valence-corrected chi connectivity index (χ4v) is 4.38. The van der Waals surface area contributed by atoms with Crippen LogP contribution in [0.15, 0.2) is 78.9 Å². The number of benzene rings is 3. The van der Waals surface area contributed by atoms with E-state index in [0.717, 1.165) is 22.5 Å². The van der Waals surface area contributed by atoms with Crippen molar-refractivity contribution in [3.63, 3.8) is 0 Å². The molecule has 0 atom stereocenters. The Hall–Kier alpha value is -2.97. The molecule has 0 saturated carbocycles. The fourth-order valence-electron chi connectivity index (χ4n) is 4.20. The van der Waals surface area contributed by atoms with Gasteiger partial charge in [0.1, 0.15) is 0 Å². The minimum atomic E-state index is 0.00295. The van der Waals surface area contributed by atoms with Gasteiger partial charge in [-0.3, -0.25) is 0 Å². The lowest BCUT2D eigenvalue weighted by molar-refractivity contribution is 0.660. The summed E-state index contributed by atoms with van der Waals surface area (Å²) in [6, 6.07) is 27.3. The van der Waals surface area contributed by atoms with Crippen LogP contribution in [0.25, 0.3) is 33.6 Å². The number of halogens is 1. The van der Waals surface area contributed by atoms with Crippen LogP contribution < -0.4 is 0 Å². The van der Waals surface area contributed by atoms with Gasteiger partial charge in [0.05, 0.1) is 11.4 Å². The molecule has 0 aliphatic heterocycles. The summed E-state index contributed by atoms with van der Waals surface area (Å²) in [5, 5.41) is 0.262. The molecule has 28 heavy (non-hydrogen) atoms. The highest BCUT2D eigenvalue weighted by molar-refractivity contribution is 6.28. The van der Waals surface area contributed by atoms with Crippen molar-refractivity contribution in [1.82, 2.24) is 9.97 Å². The van der Waals surface area contributed by atoms with E-state index in [9.17, 15) is 0 Å². The molecular formula is C25H19ClN2. The predicted octanol–water partition coefficient (Wildman–Crippen LogP) is 6.77. The van der Waals surface area contributed by atoms with E-state index in [-0.39, 0.29) is 10.7 Å². The fraction of sp³-hybridized carbons (Fsp3) is 0.120. The van der Waals surface area contributed by atoms with E-state index in [2.05, 4.69) is 66.3 Å². The first kappa shape index (κ1) is 17.2. The maximum Gasteiger partial charge on any atom is 0.223 e. The summed E-state index contributed by atoms with van der Waals surface area (Å²) in [4.78, 5) is 8.92. The van der Waals surface area contributed by atoms with Crippen molar-refractivity contribution < 1.29 is 0 Å². The molecule has 3 aromatic carbocycles. The second-order valence-corrected chi connectivity index (χ2v) is 8.04. The molecule has 0 amide bonds. The monoisotopic (exact) mass is 382 g/mol. The van der Waals surface area contributed by atoms with Crippen molar-refractivity contribution in [2.45, 2.75) is 19.3 Å². The van der Waals surface area contributed by atoms with E-state index in [1.54, 1.807) is 0 Å². The number of nitrogens with zero attached hydrogens (tertiary/aromatic N) is 2. The molecule has 1 aliphatic rings. The van der Waals surface area contributed by atoms with Crippen LogP contribution in [-0.4, -0.2) is 9.97 Å². The van der Waals surface area contributed by atoms with Gasteiger partial charge in [0.2, 0.25) is 5.28 Å². The highest BCUT2D eigenvalue weighted by Gasteiger charge is 2.35. The van der Waals surface area contributed by atoms with Gasteiger partial charge in [-0.05, 0) is 46.0 Å². The van der Waals surface area contributed by atoms with E-state index in [1.807, 2.05) is 36.4 Å². The summed E-state index contributed by atoms with van der Waals surface area (Å²) in [5.74, 6) is 0. The molecule has 0 bridgehead atoms. The zero-order valence-corrected chi connectivity index (χ0v) is 16.5. The first-order chi connectivity index (χ1) is 13.5. The first-order valence-corrected chi connectivity index (χ1v) is 9.76.